The molecule has 18 heavy (non-hydrogen) atoms. The second kappa shape index (κ2) is 5.01. The third-order valence-electron chi connectivity index (χ3n) is 3.72. The van der Waals surface area contributed by atoms with Gasteiger partial charge in [-0.05, 0) is 42.4 Å². The van der Waals surface area contributed by atoms with Crippen LogP contribution in [0.1, 0.15) is 37.3 Å². The molecule has 2 atom stereocenters. The van der Waals surface area contributed by atoms with Crippen molar-refractivity contribution in [2.24, 2.45) is 11.8 Å². The molecule has 0 spiro atoms. The van der Waals surface area contributed by atoms with Crippen LogP contribution in [0.4, 0.5) is 5.69 Å². The van der Waals surface area contributed by atoms with Gasteiger partial charge in [-0.25, -0.2) is 0 Å². The molecular weight excluding hydrogens is 226 g/mol. The first-order chi connectivity index (χ1) is 8.49. The standard InChI is InChI=1S/C15H21NO2/c1-9(2)11-5-4-10(3)14(7-11)16-8-12-6-13(12)15(17)18/h4-5,7,9,12-13,16H,6,8H2,1-3H3,(H,17,18). The maximum Gasteiger partial charge on any atom is 0.306 e. The van der Waals surface area contributed by atoms with Crippen molar-refractivity contribution in [2.75, 3.05) is 11.9 Å². The van der Waals surface area contributed by atoms with Crippen LogP contribution >= 0.6 is 0 Å². The number of carboxylic acids is 1. The molecule has 0 saturated heterocycles. The first-order valence-corrected chi connectivity index (χ1v) is 6.56. The minimum Gasteiger partial charge on any atom is -0.481 e. The normalized spacial score (nSPS) is 22.0. The highest BCUT2D eigenvalue weighted by molar-refractivity contribution is 5.73. The molecule has 0 amide bonds. The Morgan fingerprint density at radius 2 is 2.22 bits per heavy atom. The number of carbonyl (C=O) groups is 1. The minimum atomic E-state index is -0.658. The number of rotatable bonds is 5. The Labute approximate surface area is 108 Å². The Morgan fingerprint density at radius 1 is 1.50 bits per heavy atom. The average molecular weight is 247 g/mol. The molecule has 2 unspecified atom stereocenters. The van der Waals surface area contributed by atoms with Gasteiger partial charge in [0.1, 0.15) is 0 Å². The molecule has 3 heteroatoms. The van der Waals surface area contributed by atoms with Crippen molar-refractivity contribution in [3.8, 4) is 0 Å². The fourth-order valence-corrected chi connectivity index (χ4v) is 2.21. The van der Waals surface area contributed by atoms with E-state index in [1.54, 1.807) is 0 Å². The Hall–Kier alpha value is -1.51. The molecule has 0 heterocycles. The number of nitrogens with one attached hydrogen (secondary N) is 1. The zero-order valence-electron chi connectivity index (χ0n) is 11.2. The van der Waals surface area contributed by atoms with Crippen molar-refractivity contribution in [3.63, 3.8) is 0 Å². The lowest BCUT2D eigenvalue weighted by Gasteiger charge is -2.13. The van der Waals surface area contributed by atoms with E-state index in [0.717, 1.165) is 18.7 Å². The summed E-state index contributed by atoms with van der Waals surface area (Å²) >= 11 is 0. The summed E-state index contributed by atoms with van der Waals surface area (Å²) in [6.45, 7) is 7.19. The smallest absolute Gasteiger partial charge is 0.306 e. The summed E-state index contributed by atoms with van der Waals surface area (Å²) in [6.07, 6.45) is 0.811. The predicted molar refractivity (Wildman–Crippen MR) is 73.0 cm³/mol. The highest BCUT2D eigenvalue weighted by Gasteiger charge is 2.42. The molecular formula is C15H21NO2. The average Bonchev–Trinajstić information content (AvgIpc) is 3.07. The van der Waals surface area contributed by atoms with Gasteiger partial charge in [-0.1, -0.05) is 26.0 Å². The van der Waals surface area contributed by atoms with Crippen molar-refractivity contribution in [1.29, 1.82) is 0 Å². The van der Waals surface area contributed by atoms with Crippen molar-refractivity contribution in [3.05, 3.63) is 29.3 Å². The van der Waals surface area contributed by atoms with Crippen LogP contribution in [0.3, 0.4) is 0 Å². The van der Waals surface area contributed by atoms with Gasteiger partial charge in [0.25, 0.3) is 0 Å². The quantitative estimate of drug-likeness (QED) is 0.839. The maximum absolute atomic E-state index is 10.8. The molecule has 1 aromatic rings. The third kappa shape index (κ3) is 2.84. The van der Waals surface area contributed by atoms with Gasteiger partial charge in [0.15, 0.2) is 0 Å². The van der Waals surface area contributed by atoms with Gasteiger partial charge >= 0.3 is 5.97 Å². The van der Waals surface area contributed by atoms with Crippen LogP contribution in [0.5, 0.6) is 0 Å². The molecule has 3 nitrogen and oxygen atoms in total. The van der Waals surface area contributed by atoms with Gasteiger partial charge in [-0.3, -0.25) is 4.79 Å². The van der Waals surface area contributed by atoms with Crippen LogP contribution in [0, 0.1) is 18.8 Å². The van der Waals surface area contributed by atoms with E-state index in [-0.39, 0.29) is 5.92 Å². The summed E-state index contributed by atoms with van der Waals surface area (Å²) in [4.78, 5) is 10.8. The number of anilines is 1. The van der Waals surface area contributed by atoms with Crippen LogP contribution < -0.4 is 5.32 Å². The van der Waals surface area contributed by atoms with Crippen molar-refractivity contribution in [2.45, 2.75) is 33.1 Å². The Kier molecular flexibility index (Phi) is 3.60. The van der Waals surface area contributed by atoms with E-state index < -0.39 is 5.97 Å². The fourth-order valence-electron chi connectivity index (χ4n) is 2.21. The summed E-state index contributed by atoms with van der Waals surface area (Å²) in [5.41, 5.74) is 3.66. The number of aryl methyl sites for hydroxylation is 1. The Balaban J connectivity index is 1.97. The van der Waals surface area contributed by atoms with Gasteiger partial charge in [-0.15, -0.1) is 0 Å². The highest BCUT2D eigenvalue weighted by atomic mass is 16.4. The maximum atomic E-state index is 10.8. The second-order valence-electron chi connectivity index (χ2n) is 5.55. The summed E-state index contributed by atoms with van der Waals surface area (Å²) in [6, 6.07) is 6.46. The number of carboxylic acid groups (broad SMARTS) is 1. The lowest BCUT2D eigenvalue weighted by atomic mass is 10.0. The first kappa shape index (κ1) is 12.9. The summed E-state index contributed by atoms with van der Waals surface area (Å²) in [5, 5.41) is 12.3. The van der Waals surface area contributed by atoms with Crippen molar-refractivity contribution in [1.82, 2.24) is 0 Å². The monoisotopic (exact) mass is 247 g/mol. The van der Waals surface area contributed by atoms with Gasteiger partial charge < -0.3 is 10.4 Å². The van der Waals surface area contributed by atoms with E-state index >= 15 is 0 Å². The van der Waals surface area contributed by atoms with Crippen molar-refractivity contribution >= 4 is 11.7 Å². The number of aliphatic carboxylic acids is 1. The fraction of sp³-hybridized carbons (Fsp3) is 0.533. The number of hydrogen-bond donors (Lipinski definition) is 2. The largest absolute Gasteiger partial charge is 0.481 e. The lowest BCUT2D eigenvalue weighted by Crippen LogP contribution is -2.09. The molecule has 0 radical (unpaired) electrons. The highest BCUT2D eigenvalue weighted by Crippen LogP contribution is 2.38. The van der Waals surface area contributed by atoms with E-state index in [2.05, 4.69) is 44.3 Å². The zero-order chi connectivity index (χ0) is 13.3. The number of hydrogen-bond acceptors (Lipinski definition) is 2. The predicted octanol–water partition coefficient (Wildman–Crippen LogP) is 3.25. The molecule has 1 saturated carbocycles. The molecule has 1 fully saturated rings. The minimum absolute atomic E-state index is 0.133. The van der Waals surface area contributed by atoms with Crippen LogP contribution in [0.2, 0.25) is 0 Å². The summed E-state index contributed by atoms with van der Waals surface area (Å²) in [7, 11) is 0. The molecule has 2 N–H and O–H groups in total. The van der Waals surface area contributed by atoms with Gasteiger partial charge in [-0.2, -0.15) is 0 Å². The molecule has 0 bridgehead atoms. The van der Waals surface area contributed by atoms with E-state index in [9.17, 15) is 4.79 Å². The van der Waals surface area contributed by atoms with Gasteiger partial charge in [0.05, 0.1) is 5.92 Å². The molecule has 0 aliphatic heterocycles. The topological polar surface area (TPSA) is 49.3 Å². The SMILES string of the molecule is Cc1ccc(C(C)C)cc1NCC1CC1C(=O)O. The van der Waals surface area contributed by atoms with Gasteiger partial charge in [0.2, 0.25) is 0 Å². The van der Waals surface area contributed by atoms with Crippen LogP contribution in [-0.4, -0.2) is 17.6 Å². The van der Waals surface area contributed by atoms with Crippen LogP contribution in [0.25, 0.3) is 0 Å². The van der Waals surface area contributed by atoms with Crippen LogP contribution in [0.15, 0.2) is 18.2 Å². The molecule has 1 aliphatic rings. The number of benzene rings is 1. The molecule has 2 rings (SSSR count). The lowest BCUT2D eigenvalue weighted by molar-refractivity contribution is -0.138. The summed E-state index contributed by atoms with van der Waals surface area (Å²) < 4.78 is 0. The summed E-state index contributed by atoms with van der Waals surface area (Å²) in [5.74, 6) is 0.0176. The van der Waals surface area contributed by atoms with E-state index in [4.69, 9.17) is 5.11 Å². The van der Waals surface area contributed by atoms with E-state index in [1.165, 1.54) is 11.1 Å². The first-order valence-electron chi connectivity index (χ1n) is 6.56. The molecule has 0 aromatic heterocycles. The third-order valence-corrected chi connectivity index (χ3v) is 3.72. The Bertz CT molecular complexity index is 454. The van der Waals surface area contributed by atoms with Crippen LogP contribution in [-0.2, 0) is 4.79 Å². The molecule has 1 aromatic carbocycles. The van der Waals surface area contributed by atoms with Crippen molar-refractivity contribution < 1.29 is 9.90 Å². The molecule has 98 valence electrons. The van der Waals surface area contributed by atoms with E-state index in [1.807, 2.05) is 0 Å². The van der Waals surface area contributed by atoms with Gasteiger partial charge in [0, 0.05) is 12.2 Å². The van der Waals surface area contributed by atoms with E-state index in [0.29, 0.717) is 11.8 Å². The zero-order valence-corrected chi connectivity index (χ0v) is 11.2. The second-order valence-corrected chi connectivity index (χ2v) is 5.55. The Morgan fingerprint density at radius 3 is 2.78 bits per heavy atom. The molecule has 1 aliphatic carbocycles.